The SMILES string of the molecule is O=[N+]([O-])c1ccc(Cl)cc1OCC1Cc2ccccc2S1. The summed E-state index contributed by atoms with van der Waals surface area (Å²) < 4.78 is 5.65. The Morgan fingerprint density at radius 1 is 1.33 bits per heavy atom. The van der Waals surface area contributed by atoms with Crippen molar-refractivity contribution >= 4 is 29.1 Å². The smallest absolute Gasteiger partial charge is 0.311 e. The van der Waals surface area contributed by atoms with Crippen LogP contribution in [0.2, 0.25) is 5.02 Å². The molecule has 2 aromatic carbocycles. The summed E-state index contributed by atoms with van der Waals surface area (Å²) in [6.45, 7) is 0.417. The lowest BCUT2D eigenvalue weighted by Crippen LogP contribution is -2.14. The molecule has 21 heavy (non-hydrogen) atoms. The van der Waals surface area contributed by atoms with E-state index in [2.05, 4.69) is 12.1 Å². The monoisotopic (exact) mass is 321 g/mol. The van der Waals surface area contributed by atoms with Crippen LogP contribution < -0.4 is 4.74 Å². The number of nitro groups is 1. The molecule has 0 saturated heterocycles. The van der Waals surface area contributed by atoms with E-state index in [9.17, 15) is 10.1 Å². The normalized spacial score (nSPS) is 16.5. The second-order valence-electron chi connectivity index (χ2n) is 4.73. The molecule has 1 heterocycles. The third-order valence-corrected chi connectivity index (χ3v) is 4.78. The largest absolute Gasteiger partial charge is 0.486 e. The number of halogens is 1. The highest BCUT2D eigenvalue weighted by Gasteiger charge is 2.24. The molecule has 0 spiro atoms. The molecule has 1 unspecified atom stereocenters. The molecular weight excluding hydrogens is 310 g/mol. The zero-order chi connectivity index (χ0) is 14.8. The first-order valence-corrected chi connectivity index (χ1v) is 7.70. The van der Waals surface area contributed by atoms with Crippen LogP contribution in [0.25, 0.3) is 0 Å². The molecule has 4 nitrogen and oxygen atoms in total. The van der Waals surface area contributed by atoms with Gasteiger partial charge in [-0.25, -0.2) is 0 Å². The quantitative estimate of drug-likeness (QED) is 0.620. The molecule has 0 aliphatic carbocycles. The molecule has 0 bridgehead atoms. The Labute approximate surface area is 131 Å². The maximum atomic E-state index is 11.0. The first-order chi connectivity index (χ1) is 10.1. The second-order valence-corrected chi connectivity index (χ2v) is 6.51. The van der Waals surface area contributed by atoms with Crippen LogP contribution in [-0.4, -0.2) is 16.8 Å². The molecule has 6 heteroatoms. The molecule has 1 aliphatic rings. The van der Waals surface area contributed by atoms with Gasteiger partial charge in [0.05, 0.1) is 4.92 Å². The van der Waals surface area contributed by atoms with Crippen LogP contribution in [0.1, 0.15) is 5.56 Å². The molecule has 2 aromatic rings. The Kier molecular flexibility index (Phi) is 4.03. The molecule has 1 aliphatic heterocycles. The fraction of sp³-hybridized carbons (Fsp3) is 0.200. The van der Waals surface area contributed by atoms with Gasteiger partial charge in [-0.05, 0) is 24.1 Å². The third kappa shape index (κ3) is 3.14. The summed E-state index contributed by atoms with van der Waals surface area (Å²) in [7, 11) is 0. The summed E-state index contributed by atoms with van der Waals surface area (Å²) in [6, 6.07) is 12.6. The Hall–Kier alpha value is -1.72. The number of fused-ring (bicyclic) bond motifs is 1. The highest BCUT2D eigenvalue weighted by Crippen LogP contribution is 2.38. The number of nitro benzene ring substituents is 1. The van der Waals surface area contributed by atoms with Crippen molar-refractivity contribution in [3.8, 4) is 5.75 Å². The molecule has 0 N–H and O–H groups in total. The van der Waals surface area contributed by atoms with E-state index in [0.29, 0.717) is 11.6 Å². The van der Waals surface area contributed by atoms with Crippen molar-refractivity contribution in [3.63, 3.8) is 0 Å². The Bertz CT molecular complexity index is 667. The van der Waals surface area contributed by atoms with E-state index in [-0.39, 0.29) is 16.7 Å². The Morgan fingerprint density at radius 2 is 2.14 bits per heavy atom. The van der Waals surface area contributed by atoms with Gasteiger partial charge in [-0.15, -0.1) is 11.8 Å². The molecule has 3 rings (SSSR count). The van der Waals surface area contributed by atoms with Gasteiger partial charge in [-0.1, -0.05) is 29.8 Å². The maximum absolute atomic E-state index is 11.0. The number of hydrogen-bond donors (Lipinski definition) is 0. The van der Waals surface area contributed by atoms with E-state index in [1.54, 1.807) is 11.8 Å². The molecule has 0 saturated carbocycles. The van der Waals surface area contributed by atoms with E-state index >= 15 is 0 Å². The van der Waals surface area contributed by atoms with E-state index in [1.807, 2.05) is 12.1 Å². The zero-order valence-electron chi connectivity index (χ0n) is 11.0. The number of thioether (sulfide) groups is 1. The summed E-state index contributed by atoms with van der Waals surface area (Å²) >= 11 is 7.63. The molecule has 1 atom stereocenters. The second kappa shape index (κ2) is 5.95. The summed E-state index contributed by atoms with van der Waals surface area (Å²) in [6.07, 6.45) is 0.912. The van der Waals surface area contributed by atoms with Crippen LogP contribution in [0, 0.1) is 10.1 Å². The van der Waals surface area contributed by atoms with Crippen molar-refractivity contribution in [2.45, 2.75) is 16.6 Å². The highest BCUT2D eigenvalue weighted by molar-refractivity contribution is 8.00. The summed E-state index contributed by atoms with van der Waals surface area (Å²) in [5.41, 5.74) is 1.25. The van der Waals surface area contributed by atoms with Gasteiger partial charge in [-0.2, -0.15) is 0 Å². The minimum atomic E-state index is -0.456. The predicted molar refractivity (Wildman–Crippen MR) is 83.4 cm³/mol. The van der Waals surface area contributed by atoms with Gasteiger partial charge < -0.3 is 4.74 Å². The van der Waals surface area contributed by atoms with Crippen molar-refractivity contribution in [2.24, 2.45) is 0 Å². The topological polar surface area (TPSA) is 52.4 Å². The molecule has 0 fully saturated rings. The zero-order valence-corrected chi connectivity index (χ0v) is 12.6. The van der Waals surface area contributed by atoms with Crippen molar-refractivity contribution in [1.82, 2.24) is 0 Å². The van der Waals surface area contributed by atoms with Crippen LogP contribution in [0.3, 0.4) is 0 Å². The van der Waals surface area contributed by atoms with E-state index in [4.69, 9.17) is 16.3 Å². The lowest BCUT2D eigenvalue weighted by Gasteiger charge is -2.11. The van der Waals surface area contributed by atoms with Crippen molar-refractivity contribution in [3.05, 3.63) is 63.2 Å². The average molecular weight is 322 g/mol. The van der Waals surface area contributed by atoms with Crippen LogP contribution in [0.5, 0.6) is 5.75 Å². The van der Waals surface area contributed by atoms with E-state index in [1.165, 1.54) is 28.7 Å². The molecule has 0 amide bonds. The van der Waals surface area contributed by atoms with Gasteiger partial charge in [0.15, 0.2) is 5.75 Å². The Morgan fingerprint density at radius 3 is 2.90 bits per heavy atom. The van der Waals surface area contributed by atoms with E-state index in [0.717, 1.165) is 6.42 Å². The fourth-order valence-corrected chi connectivity index (χ4v) is 3.66. The summed E-state index contributed by atoms with van der Waals surface area (Å²) in [5.74, 6) is 0.226. The molecule has 108 valence electrons. The number of benzene rings is 2. The summed E-state index contributed by atoms with van der Waals surface area (Å²) in [5, 5.41) is 11.7. The molecule has 0 aromatic heterocycles. The maximum Gasteiger partial charge on any atom is 0.311 e. The minimum Gasteiger partial charge on any atom is -0.486 e. The third-order valence-electron chi connectivity index (χ3n) is 3.26. The minimum absolute atomic E-state index is 0.0556. The first kappa shape index (κ1) is 14.2. The van der Waals surface area contributed by atoms with Crippen molar-refractivity contribution in [2.75, 3.05) is 6.61 Å². The van der Waals surface area contributed by atoms with E-state index < -0.39 is 4.92 Å². The molecular formula is C15H12ClNO3S. The van der Waals surface area contributed by atoms with Gasteiger partial charge in [0.2, 0.25) is 0 Å². The molecule has 0 radical (unpaired) electrons. The van der Waals surface area contributed by atoms with Crippen LogP contribution in [0.4, 0.5) is 5.69 Å². The standard InChI is InChI=1S/C15H12ClNO3S/c16-11-5-6-13(17(18)19)14(8-11)20-9-12-7-10-3-1-2-4-15(10)21-12/h1-6,8,12H,7,9H2. The van der Waals surface area contributed by atoms with Gasteiger partial charge in [0.25, 0.3) is 0 Å². The summed E-state index contributed by atoms with van der Waals surface area (Å²) in [4.78, 5) is 11.8. The van der Waals surface area contributed by atoms with Crippen molar-refractivity contribution < 1.29 is 9.66 Å². The predicted octanol–water partition coefficient (Wildman–Crippen LogP) is 4.34. The number of nitrogens with zero attached hydrogens (tertiary/aromatic N) is 1. The number of rotatable bonds is 4. The highest BCUT2D eigenvalue weighted by atomic mass is 35.5. The lowest BCUT2D eigenvalue weighted by molar-refractivity contribution is -0.385. The van der Waals surface area contributed by atoms with Gasteiger partial charge in [-0.3, -0.25) is 10.1 Å². The fourth-order valence-electron chi connectivity index (χ4n) is 2.28. The number of hydrogen-bond acceptors (Lipinski definition) is 4. The Balaban J connectivity index is 1.69. The van der Waals surface area contributed by atoms with Gasteiger partial charge >= 0.3 is 5.69 Å². The number of ether oxygens (including phenoxy) is 1. The van der Waals surface area contributed by atoms with Gasteiger partial charge in [0.1, 0.15) is 6.61 Å². The van der Waals surface area contributed by atoms with Crippen molar-refractivity contribution in [1.29, 1.82) is 0 Å². The van der Waals surface area contributed by atoms with Crippen LogP contribution in [-0.2, 0) is 6.42 Å². The first-order valence-electron chi connectivity index (χ1n) is 6.45. The average Bonchev–Trinajstić information content (AvgIpc) is 2.87. The van der Waals surface area contributed by atoms with Gasteiger partial charge in [0, 0.05) is 27.3 Å². The van der Waals surface area contributed by atoms with Crippen LogP contribution in [0.15, 0.2) is 47.4 Å². The van der Waals surface area contributed by atoms with Crippen LogP contribution >= 0.6 is 23.4 Å². The lowest BCUT2D eigenvalue weighted by atomic mass is 10.1.